The number of hydrogen-bond donors (Lipinski definition) is 0. The molecule has 0 aromatic rings. The molecule has 0 heterocycles. The molecule has 0 aliphatic heterocycles. The Balaban J connectivity index is 2.99. The maximum atomic E-state index is 11.4. The van der Waals surface area contributed by atoms with Crippen LogP contribution in [0.25, 0.3) is 0 Å². The number of hydrogen-bond acceptors (Lipinski definition) is 0. The summed E-state index contributed by atoms with van der Waals surface area (Å²) in [5.41, 5.74) is 0. The molecule has 38 valence electrons. The average molecular weight is 94.1 g/mol. The molecule has 0 rings (SSSR count). The van der Waals surface area contributed by atoms with Gasteiger partial charge in [0.1, 0.15) is 12.3 Å². The zero-order valence-corrected chi connectivity index (χ0v) is 3.91. The first-order valence-electron chi connectivity index (χ1n) is 1.92. The van der Waals surface area contributed by atoms with E-state index in [-0.39, 0.29) is 0 Å². The van der Waals surface area contributed by atoms with Crippen LogP contribution < -0.4 is 0 Å². The van der Waals surface area contributed by atoms with Crippen molar-refractivity contribution in [3.63, 3.8) is 0 Å². The molecule has 0 spiro atoms. The van der Waals surface area contributed by atoms with E-state index in [2.05, 4.69) is 0 Å². The molecule has 0 aromatic carbocycles. The number of alkyl halides is 2. The van der Waals surface area contributed by atoms with Gasteiger partial charge >= 0.3 is 0 Å². The monoisotopic (exact) mass is 94.1 g/mol. The first-order valence-corrected chi connectivity index (χ1v) is 1.92. The lowest BCUT2D eigenvalue weighted by Crippen LogP contribution is -2.06. The number of rotatable bonds is 1. The van der Waals surface area contributed by atoms with Crippen molar-refractivity contribution in [3.8, 4) is 0 Å². The highest BCUT2D eigenvalue weighted by Gasteiger charge is 2.05. The van der Waals surface area contributed by atoms with Crippen LogP contribution in [0.3, 0.4) is 0 Å². The smallest absolute Gasteiger partial charge is 0.128 e. The molecule has 2 atom stereocenters. The normalized spacial score (nSPS) is 20.0. The van der Waals surface area contributed by atoms with E-state index in [0.29, 0.717) is 0 Å². The van der Waals surface area contributed by atoms with Crippen LogP contribution in [0.2, 0.25) is 0 Å². The van der Waals surface area contributed by atoms with Crippen molar-refractivity contribution in [3.05, 3.63) is 0 Å². The summed E-state index contributed by atoms with van der Waals surface area (Å²) in [7, 11) is 0. The minimum absolute atomic E-state index is 1.20. The van der Waals surface area contributed by atoms with Gasteiger partial charge in [-0.2, -0.15) is 0 Å². The fraction of sp³-hybridized carbons (Fsp3) is 1.00. The molecule has 0 aliphatic rings. The van der Waals surface area contributed by atoms with Crippen LogP contribution >= 0.6 is 0 Å². The Kier molecular flexibility index (Phi) is 2.06. The summed E-state index contributed by atoms with van der Waals surface area (Å²) in [5.74, 6) is 0. The Hall–Kier alpha value is -0.140. The van der Waals surface area contributed by atoms with Crippen LogP contribution in [0.15, 0.2) is 0 Å². The minimum atomic E-state index is -1.31. The second-order valence-electron chi connectivity index (χ2n) is 1.36. The molecule has 0 bridgehead atoms. The summed E-state index contributed by atoms with van der Waals surface area (Å²) in [4.78, 5) is 0. The first-order chi connectivity index (χ1) is 2.64. The van der Waals surface area contributed by atoms with Crippen molar-refractivity contribution in [2.45, 2.75) is 26.2 Å². The van der Waals surface area contributed by atoms with E-state index >= 15 is 0 Å². The van der Waals surface area contributed by atoms with Gasteiger partial charge in [-0.1, -0.05) is 0 Å². The SMILES string of the molecule is CC(F)C(C)F. The summed E-state index contributed by atoms with van der Waals surface area (Å²) in [6, 6.07) is 0. The van der Waals surface area contributed by atoms with Gasteiger partial charge in [-0.25, -0.2) is 8.78 Å². The van der Waals surface area contributed by atoms with Crippen molar-refractivity contribution < 1.29 is 8.78 Å². The lowest BCUT2D eigenvalue weighted by molar-refractivity contribution is 0.199. The molecule has 0 nitrogen and oxygen atoms in total. The summed E-state index contributed by atoms with van der Waals surface area (Å²) < 4.78 is 22.9. The topological polar surface area (TPSA) is 0 Å². The van der Waals surface area contributed by atoms with E-state index in [1.807, 2.05) is 0 Å². The molecule has 0 saturated carbocycles. The third-order valence-corrected chi connectivity index (χ3v) is 0.633. The molecule has 0 N–H and O–H groups in total. The largest absolute Gasteiger partial charge is 0.245 e. The van der Waals surface area contributed by atoms with Crippen LogP contribution in [0.1, 0.15) is 13.8 Å². The van der Waals surface area contributed by atoms with E-state index < -0.39 is 12.3 Å². The fourth-order valence-corrected chi connectivity index (χ4v) is 0. The Bertz CT molecular complexity index is 26.5. The summed E-state index contributed by atoms with van der Waals surface area (Å²) in [5, 5.41) is 0. The highest BCUT2D eigenvalue weighted by Crippen LogP contribution is 1.98. The van der Waals surface area contributed by atoms with Crippen molar-refractivity contribution in [1.82, 2.24) is 0 Å². The van der Waals surface area contributed by atoms with E-state index in [9.17, 15) is 8.78 Å². The maximum Gasteiger partial charge on any atom is 0.128 e. The summed E-state index contributed by atoms with van der Waals surface area (Å²) in [6.45, 7) is 2.40. The second-order valence-corrected chi connectivity index (χ2v) is 1.36. The molecule has 2 unspecified atom stereocenters. The lowest BCUT2D eigenvalue weighted by atomic mass is 10.3. The fourth-order valence-electron chi connectivity index (χ4n) is 0. The third-order valence-electron chi connectivity index (χ3n) is 0.633. The Labute approximate surface area is 36.2 Å². The minimum Gasteiger partial charge on any atom is -0.245 e. The van der Waals surface area contributed by atoms with Gasteiger partial charge in [-0.3, -0.25) is 0 Å². The van der Waals surface area contributed by atoms with Crippen LogP contribution in [-0.4, -0.2) is 12.3 Å². The molecular weight excluding hydrogens is 86.0 g/mol. The standard InChI is InChI=1S/C4H8F2/c1-3(5)4(2)6/h3-4H,1-2H3. The van der Waals surface area contributed by atoms with Gasteiger partial charge in [-0.05, 0) is 13.8 Å². The van der Waals surface area contributed by atoms with Gasteiger partial charge in [0, 0.05) is 0 Å². The molecule has 0 aliphatic carbocycles. The second kappa shape index (κ2) is 2.11. The predicted octanol–water partition coefficient (Wildman–Crippen LogP) is 1.70. The van der Waals surface area contributed by atoms with E-state index in [1.165, 1.54) is 13.8 Å². The molecule has 2 heteroatoms. The highest BCUT2D eigenvalue weighted by molar-refractivity contribution is 4.52. The molecule has 0 fully saturated rings. The summed E-state index contributed by atoms with van der Waals surface area (Å²) >= 11 is 0. The quantitative estimate of drug-likeness (QED) is 0.464. The van der Waals surface area contributed by atoms with Gasteiger partial charge in [0.15, 0.2) is 0 Å². The van der Waals surface area contributed by atoms with Crippen molar-refractivity contribution in [1.29, 1.82) is 0 Å². The molecule has 0 radical (unpaired) electrons. The Morgan fingerprint density at radius 1 is 1.00 bits per heavy atom. The predicted molar refractivity (Wildman–Crippen MR) is 21.1 cm³/mol. The highest BCUT2D eigenvalue weighted by atomic mass is 19.2. The molecule has 0 aromatic heterocycles. The van der Waals surface area contributed by atoms with Crippen molar-refractivity contribution in [2.75, 3.05) is 0 Å². The average Bonchev–Trinajstić information content (AvgIpc) is 1.36. The lowest BCUT2D eigenvalue weighted by Gasteiger charge is -1.97. The molecule has 6 heavy (non-hydrogen) atoms. The zero-order chi connectivity index (χ0) is 5.15. The molecule has 0 saturated heterocycles. The summed E-state index contributed by atoms with van der Waals surface area (Å²) in [6.07, 6.45) is -2.63. The van der Waals surface area contributed by atoms with Crippen LogP contribution in [0, 0.1) is 0 Å². The van der Waals surface area contributed by atoms with Gasteiger partial charge in [-0.15, -0.1) is 0 Å². The molecule has 0 amide bonds. The third kappa shape index (κ3) is 2.12. The van der Waals surface area contributed by atoms with Gasteiger partial charge in [0.25, 0.3) is 0 Å². The van der Waals surface area contributed by atoms with Crippen molar-refractivity contribution in [2.24, 2.45) is 0 Å². The number of halogens is 2. The van der Waals surface area contributed by atoms with E-state index in [4.69, 9.17) is 0 Å². The van der Waals surface area contributed by atoms with Crippen LogP contribution in [0.4, 0.5) is 8.78 Å². The van der Waals surface area contributed by atoms with Gasteiger partial charge < -0.3 is 0 Å². The van der Waals surface area contributed by atoms with Crippen molar-refractivity contribution >= 4 is 0 Å². The maximum absolute atomic E-state index is 11.4. The van der Waals surface area contributed by atoms with E-state index in [1.54, 1.807) is 0 Å². The Morgan fingerprint density at radius 3 is 1.17 bits per heavy atom. The van der Waals surface area contributed by atoms with Crippen LogP contribution in [0.5, 0.6) is 0 Å². The van der Waals surface area contributed by atoms with E-state index in [0.717, 1.165) is 0 Å². The Morgan fingerprint density at radius 2 is 1.17 bits per heavy atom. The van der Waals surface area contributed by atoms with Crippen LogP contribution in [-0.2, 0) is 0 Å². The zero-order valence-electron chi connectivity index (χ0n) is 3.91. The first kappa shape index (κ1) is 5.86. The van der Waals surface area contributed by atoms with Gasteiger partial charge in [0.2, 0.25) is 0 Å². The van der Waals surface area contributed by atoms with Gasteiger partial charge in [0.05, 0.1) is 0 Å². The molecular formula is C4H8F2.